The molecule has 9 saturated carbocycles. The van der Waals surface area contributed by atoms with E-state index in [1.807, 2.05) is 0 Å². The Morgan fingerprint density at radius 1 is 0.140 bits per heavy atom. The van der Waals surface area contributed by atoms with Crippen molar-refractivity contribution in [1.82, 2.24) is 0 Å². The normalized spacial score (nSPS) is 48.7. The molecule has 0 aromatic heterocycles. The van der Waals surface area contributed by atoms with Gasteiger partial charge in [0, 0.05) is 0 Å². The molecular weight excluding hydrogens is 1930 g/mol. The van der Waals surface area contributed by atoms with Crippen molar-refractivity contribution in [1.29, 1.82) is 0 Å². The van der Waals surface area contributed by atoms with E-state index >= 15 is 0 Å². The van der Waals surface area contributed by atoms with Gasteiger partial charge in [-0.25, -0.2) is 0 Å². The monoisotopic (exact) mass is 2000 g/mol. The fraction of sp³-hybridized carbons (Fsp3) is 0.596. The standard InChI is InChI=1S/C12H12O6.C11H10O6.4C10H8O6.2C9H6O6.C8H4O6/c1-9-5(13)17-6(14)10(9,2)12(4)8(16)18-7(15)11(9,12)3;1-9-4(5(12)16-6(9)13)10(2)7(14)17-8(15)11(9,10)3;1-9-3(5(11)15-7(9)13)10(2)4(9)6(12)16-8(10)14;1-9-3(5(11)15-7(9)13)4-6(12)16-8(14)10(4,9)2;2*1-9-3-4(6(12)15-5(3)11)10(9,2)8(14)16-7(9)13;1-9-3-2(5(10)14-6(3)11)4(9)7(12)15-8(9)13;10-6-2-1-3-5(4(2)8(12)14-6)9(13)15-7(3)11;9-5-1-2(6(10)13-5)4-3(1)7(11)14-8(4)12/h1-4H3;4H,1-3H3;4*3-4H,1-2H3;2-4H,1H3;2-5H,1H2;1-4H. The lowest BCUT2D eigenvalue weighted by Gasteiger charge is -2.65. The van der Waals surface area contributed by atoms with Gasteiger partial charge >= 0.3 is 215 Å². The fourth-order valence-electron chi connectivity index (χ4n) is 28.7. The van der Waals surface area contributed by atoms with Gasteiger partial charge < -0.3 is 85.3 Å². The molecule has 24 unspecified atom stereocenters. The molecule has 0 amide bonds. The van der Waals surface area contributed by atoms with E-state index in [4.69, 9.17) is 0 Å². The third-order valence-electron chi connectivity index (χ3n) is 38.4. The summed E-state index contributed by atoms with van der Waals surface area (Å²) in [7, 11) is 0. The average molecular weight is 2000 g/mol. The van der Waals surface area contributed by atoms with Crippen LogP contribution in [0.3, 0.4) is 0 Å². The third kappa shape index (κ3) is 9.71. The van der Waals surface area contributed by atoms with Gasteiger partial charge in [0.2, 0.25) is 0 Å². The number of hydrogen-bond donors (Lipinski definition) is 0. The number of carbonyl (C=O) groups excluding carboxylic acids is 36. The van der Waals surface area contributed by atoms with Crippen LogP contribution in [0.5, 0.6) is 0 Å². The molecule has 0 spiro atoms. The summed E-state index contributed by atoms with van der Waals surface area (Å²) in [6.07, 6.45) is 0.185. The van der Waals surface area contributed by atoms with Crippen molar-refractivity contribution >= 4 is 215 Å². The van der Waals surface area contributed by atoms with E-state index in [-0.39, 0.29) is 6.42 Å². The molecule has 27 aliphatic rings. The van der Waals surface area contributed by atoms with Gasteiger partial charge in [-0.05, 0) is 117 Å². The van der Waals surface area contributed by atoms with Crippen LogP contribution in [0.25, 0.3) is 0 Å². The summed E-state index contributed by atoms with van der Waals surface area (Å²) < 4.78 is 81.0. The number of hydrogen-bond acceptors (Lipinski definition) is 54. The predicted octanol–water partition coefficient (Wildman–Crippen LogP) is -5.68. The molecule has 143 heavy (non-hydrogen) atoms. The Bertz CT molecular complexity index is 6080. The Labute approximate surface area is 792 Å². The van der Waals surface area contributed by atoms with E-state index in [1.165, 1.54) is 111 Å². The second-order valence-corrected chi connectivity index (χ2v) is 42.2. The molecule has 750 valence electrons. The molecule has 0 N–H and O–H groups in total. The predicted molar refractivity (Wildman–Crippen MR) is 404 cm³/mol. The maximum atomic E-state index is 12.0. The van der Waals surface area contributed by atoms with Crippen LogP contribution < -0.4 is 0 Å². The van der Waals surface area contributed by atoms with Crippen molar-refractivity contribution in [3.8, 4) is 0 Å². The summed E-state index contributed by atoms with van der Waals surface area (Å²) in [5.41, 5.74) is -20.5. The lowest BCUT2D eigenvalue weighted by atomic mass is 9.27. The van der Waals surface area contributed by atoms with Crippen LogP contribution in [0, 0.1) is 205 Å². The van der Waals surface area contributed by atoms with Crippen molar-refractivity contribution in [3.05, 3.63) is 0 Å². The molecule has 0 bridgehead atoms. The van der Waals surface area contributed by atoms with Gasteiger partial charge in [0.25, 0.3) is 0 Å². The van der Waals surface area contributed by atoms with Gasteiger partial charge in [0.05, 0.1) is 205 Å². The topological polar surface area (TPSA) is 781 Å². The lowest BCUT2D eigenvalue weighted by Crippen LogP contribution is -2.77. The molecule has 27 fully saturated rings. The Morgan fingerprint density at radius 2 is 0.315 bits per heavy atom. The Kier molecular flexibility index (Phi) is 18.8. The van der Waals surface area contributed by atoms with Crippen LogP contribution in [-0.2, 0) is 258 Å². The molecule has 9 aliphatic carbocycles. The van der Waals surface area contributed by atoms with Crippen LogP contribution in [0.1, 0.15) is 117 Å². The minimum Gasteiger partial charge on any atom is -0.393 e. The van der Waals surface area contributed by atoms with Gasteiger partial charge in [-0.3, -0.25) is 173 Å². The highest BCUT2D eigenvalue weighted by Gasteiger charge is 2.99. The minimum absolute atomic E-state index is 0.185. The van der Waals surface area contributed by atoms with Gasteiger partial charge in [-0.2, -0.15) is 0 Å². The quantitative estimate of drug-likeness (QED) is 0.124. The number of rotatable bonds is 0. The average Bonchev–Trinajstić information content (AvgIpc) is 1.46. The van der Waals surface area contributed by atoms with Crippen molar-refractivity contribution in [2.75, 3.05) is 0 Å². The second kappa shape index (κ2) is 27.9. The van der Waals surface area contributed by atoms with Gasteiger partial charge in [0.15, 0.2) is 0 Å². The van der Waals surface area contributed by atoms with E-state index in [1.54, 1.807) is 0 Å². The van der Waals surface area contributed by atoms with Crippen LogP contribution in [0.15, 0.2) is 0 Å². The summed E-state index contributed by atoms with van der Waals surface area (Å²) in [4.78, 5) is 414. The molecule has 0 radical (unpaired) electrons. The molecule has 18 heterocycles. The highest BCUT2D eigenvalue weighted by atomic mass is 16.7. The molecule has 27 rings (SSSR count). The highest BCUT2D eigenvalue weighted by Crippen LogP contribution is 2.84. The zero-order valence-corrected chi connectivity index (χ0v) is 76.3. The first-order valence-electron chi connectivity index (χ1n) is 43.6. The number of cyclic esters (lactones) is 36. The minimum atomic E-state index is -1.35. The largest absolute Gasteiger partial charge is 0.393 e. The summed E-state index contributed by atoms with van der Waals surface area (Å²) in [6, 6.07) is 0. The van der Waals surface area contributed by atoms with Crippen LogP contribution in [0.2, 0.25) is 0 Å². The van der Waals surface area contributed by atoms with Crippen molar-refractivity contribution in [3.63, 3.8) is 0 Å². The van der Waals surface area contributed by atoms with Crippen molar-refractivity contribution in [2.24, 2.45) is 205 Å². The maximum Gasteiger partial charge on any atom is 0.321 e. The van der Waals surface area contributed by atoms with Gasteiger partial charge in [0.1, 0.15) is 0 Å². The summed E-state index contributed by atoms with van der Waals surface area (Å²) >= 11 is 0. The number of ether oxygens (including phenoxy) is 18. The summed E-state index contributed by atoms with van der Waals surface area (Å²) in [5.74, 6) is -42.7. The molecule has 0 aromatic rings. The smallest absolute Gasteiger partial charge is 0.321 e. The molecule has 24 atom stereocenters. The third-order valence-corrected chi connectivity index (χ3v) is 38.4. The number of carbonyl (C=O) groups is 36. The summed E-state index contributed by atoms with van der Waals surface area (Å²) in [6.45, 7) is 23.6. The Morgan fingerprint density at radius 3 is 0.622 bits per heavy atom. The molecule has 0 aromatic carbocycles. The van der Waals surface area contributed by atoms with Gasteiger partial charge in [-0.1, -0.05) is 0 Å². The first kappa shape index (κ1) is 96.4. The van der Waals surface area contributed by atoms with E-state index in [2.05, 4.69) is 85.3 Å². The molecule has 18 saturated heterocycles. The van der Waals surface area contributed by atoms with E-state index in [0.29, 0.717) is 0 Å². The number of esters is 36. The highest BCUT2D eigenvalue weighted by molar-refractivity contribution is 6.23. The molecule has 54 heteroatoms. The molecule has 18 aliphatic heterocycles. The Balaban J connectivity index is 0.000000102. The maximum absolute atomic E-state index is 12.0. The first-order chi connectivity index (χ1) is 65.9. The summed E-state index contributed by atoms with van der Waals surface area (Å²) in [5, 5.41) is 0. The van der Waals surface area contributed by atoms with Crippen LogP contribution in [-0.4, -0.2) is 215 Å². The lowest BCUT2D eigenvalue weighted by molar-refractivity contribution is -0.243. The van der Waals surface area contributed by atoms with Crippen molar-refractivity contribution in [2.45, 2.75) is 117 Å². The number of fused-ring (bicyclic) bond motifs is 35. The SMILES string of the molecule is CC12C(=O)OC(=O)C1(C)C1(C)C(=O)OC(=O)C21C.CC12C(=O)OC(=O)C1(C)C1C(=O)OC(=O)C12.CC12C(=O)OC(=O)C1(C)C1C(=O)OC(=O)C12.CC12C(=O)OC(=O)C1C1(C)C(=O)OC(=O)C21.CC12C(=O)OC(=O)C1C1(C)C(=O)OC(=O)C21C.CC12C(=O)OC(=O)C1C1C(=O)OC(=O)C12.CC12C(=O)OC(=O)C1C1C(=O)OC(=O)C12C.O=C1OC(=O)C2C1C1C(=O)OC(=O)C21.O=C1OC(=O)C2C1CC1C(=O)OC(=O)C12. The Hall–Kier alpha value is -15.5. The van der Waals surface area contributed by atoms with E-state index in [0.717, 1.165) is 0 Å². The zero-order valence-electron chi connectivity index (χ0n) is 76.3. The van der Waals surface area contributed by atoms with Crippen LogP contribution in [0.4, 0.5) is 0 Å². The zero-order chi connectivity index (χ0) is 106. The van der Waals surface area contributed by atoms with E-state index in [9.17, 15) is 173 Å². The molecule has 54 nitrogen and oxygen atoms in total. The first-order valence-corrected chi connectivity index (χ1v) is 43.6. The molecular formula is C89H70O54. The fourth-order valence-corrected chi connectivity index (χ4v) is 28.7. The van der Waals surface area contributed by atoms with Gasteiger partial charge in [-0.15, -0.1) is 0 Å². The van der Waals surface area contributed by atoms with Crippen molar-refractivity contribution < 1.29 is 258 Å². The second-order valence-electron chi connectivity index (χ2n) is 42.2. The van der Waals surface area contributed by atoms with Crippen LogP contribution >= 0.6 is 0 Å². The van der Waals surface area contributed by atoms with E-state index < -0.39 is 420 Å².